The summed E-state index contributed by atoms with van der Waals surface area (Å²) in [5.74, 6) is 0. The molecule has 0 aromatic heterocycles. The first-order valence-corrected chi connectivity index (χ1v) is 9.57. The second-order valence-corrected chi connectivity index (χ2v) is 8.20. The van der Waals surface area contributed by atoms with Crippen LogP contribution >= 0.6 is 0 Å². The second kappa shape index (κ2) is 6.66. The van der Waals surface area contributed by atoms with Crippen molar-refractivity contribution in [3.05, 3.63) is 23.8 Å². The topological polar surface area (TPSA) is 92.3 Å². The molecule has 114 valence electrons. The molecule has 2 N–H and O–H groups in total. The molecule has 1 aromatic rings. The van der Waals surface area contributed by atoms with E-state index in [1.54, 1.807) is 6.92 Å². The number of aryl methyl sites for hydroxylation is 1. The fourth-order valence-electron chi connectivity index (χ4n) is 1.63. The van der Waals surface area contributed by atoms with Gasteiger partial charge in [0.05, 0.1) is 9.79 Å². The highest BCUT2D eigenvalue weighted by molar-refractivity contribution is 7.91. The third-order valence-electron chi connectivity index (χ3n) is 2.72. The van der Waals surface area contributed by atoms with Gasteiger partial charge in [0.2, 0.25) is 10.0 Å². The second-order valence-electron chi connectivity index (χ2n) is 4.45. The Morgan fingerprint density at radius 1 is 1.10 bits per heavy atom. The quantitative estimate of drug-likeness (QED) is 0.704. The standard InChI is InChI=1S/C12H20N2O4S2/c1-4-13-7-8-14-20(17,18)12-9-11(19(3,15)16)6-5-10(12)2/h5-6,9,13-14H,4,7-8H2,1-3H3. The summed E-state index contributed by atoms with van der Waals surface area (Å²) in [7, 11) is -7.14. The average Bonchev–Trinajstić information content (AvgIpc) is 2.33. The molecule has 6 nitrogen and oxygen atoms in total. The Morgan fingerprint density at radius 2 is 1.75 bits per heavy atom. The van der Waals surface area contributed by atoms with Crippen molar-refractivity contribution < 1.29 is 16.8 Å². The molecule has 0 atom stereocenters. The molecule has 8 heteroatoms. The van der Waals surface area contributed by atoms with Crippen molar-refractivity contribution in [3.8, 4) is 0 Å². The van der Waals surface area contributed by atoms with E-state index in [2.05, 4.69) is 10.0 Å². The van der Waals surface area contributed by atoms with Gasteiger partial charge in [0, 0.05) is 19.3 Å². The Balaban J connectivity index is 3.05. The van der Waals surface area contributed by atoms with Crippen LogP contribution in [-0.2, 0) is 19.9 Å². The molecule has 0 aliphatic carbocycles. The molecule has 0 aliphatic rings. The molecule has 0 bridgehead atoms. The van der Waals surface area contributed by atoms with Crippen molar-refractivity contribution in [2.24, 2.45) is 0 Å². The van der Waals surface area contributed by atoms with E-state index in [9.17, 15) is 16.8 Å². The zero-order chi connectivity index (χ0) is 15.4. The number of hydrogen-bond acceptors (Lipinski definition) is 5. The fraction of sp³-hybridized carbons (Fsp3) is 0.500. The van der Waals surface area contributed by atoms with Crippen LogP contribution in [0, 0.1) is 6.92 Å². The first-order valence-electron chi connectivity index (χ1n) is 6.19. The van der Waals surface area contributed by atoms with Gasteiger partial charge in [-0.05, 0) is 31.2 Å². The van der Waals surface area contributed by atoms with Crippen LogP contribution in [0.2, 0.25) is 0 Å². The lowest BCUT2D eigenvalue weighted by Crippen LogP contribution is -2.32. The minimum Gasteiger partial charge on any atom is -0.316 e. The van der Waals surface area contributed by atoms with E-state index in [0.717, 1.165) is 12.8 Å². The van der Waals surface area contributed by atoms with E-state index >= 15 is 0 Å². The maximum Gasteiger partial charge on any atom is 0.240 e. The Kier molecular flexibility index (Phi) is 5.69. The molecule has 0 saturated carbocycles. The van der Waals surface area contributed by atoms with E-state index in [1.807, 2.05) is 6.92 Å². The predicted octanol–water partition coefficient (Wildman–Crippen LogP) is 0.286. The number of nitrogens with one attached hydrogen (secondary N) is 2. The van der Waals surface area contributed by atoms with Gasteiger partial charge in [-0.25, -0.2) is 21.6 Å². The van der Waals surface area contributed by atoms with Crippen LogP contribution in [-0.4, -0.2) is 42.7 Å². The summed E-state index contributed by atoms with van der Waals surface area (Å²) in [6.07, 6.45) is 1.05. The van der Waals surface area contributed by atoms with Crippen molar-refractivity contribution in [2.75, 3.05) is 25.9 Å². The summed E-state index contributed by atoms with van der Waals surface area (Å²) in [5.41, 5.74) is 0.508. The van der Waals surface area contributed by atoms with Crippen molar-refractivity contribution in [3.63, 3.8) is 0 Å². The summed E-state index contributed by atoms with van der Waals surface area (Å²) in [6.45, 7) is 5.07. The van der Waals surface area contributed by atoms with Crippen LogP contribution in [0.15, 0.2) is 28.0 Å². The number of sulfone groups is 1. The van der Waals surface area contributed by atoms with Gasteiger partial charge < -0.3 is 5.32 Å². The van der Waals surface area contributed by atoms with Gasteiger partial charge >= 0.3 is 0 Å². The first-order chi connectivity index (χ1) is 9.18. The molecule has 0 aliphatic heterocycles. The molecule has 1 rings (SSSR count). The van der Waals surface area contributed by atoms with Gasteiger partial charge in [-0.1, -0.05) is 13.0 Å². The highest BCUT2D eigenvalue weighted by Gasteiger charge is 2.19. The molecule has 0 amide bonds. The van der Waals surface area contributed by atoms with E-state index < -0.39 is 19.9 Å². The zero-order valence-electron chi connectivity index (χ0n) is 11.8. The van der Waals surface area contributed by atoms with Crippen LogP contribution in [0.25, 0.3) is 0 Å². The largest absolute Gasteiger partial charge is 0.316 e. The SMILES string of the molecule is CCNCCNS(=O)(=O)c1cc(S(C)(=O)=O)ccc1C. The molecule has 0 spiro atoms. The third kappa shape index (κ3) is 4.55. The number of rotatable bonds is 7. The van der Waals surface area contributed by atoms with Gasteiger partial charge in [-0.2, -0.15) is 0 Å². The molecule has 0 heterocycles. The van der Waals surface area contributed by atoms with Gasteiger partial charge in [0.15, 0.2) is 9.84 Å². The van der Waals surface area contributed by atoms with Crippen molar-refractivity contribution in [2.45, 2.75) is 23.6 Å². The zero-order valence-corrected chi connectivity index (χ0v) is 13.4. The maximum atomic E-state index is 12.2. The number of sulfonamides is 1. The van der Waals surface area contributed by atoms with Crippen molar-refractivity contribution >= 4 is 19.9 Å². The summed E-state index contributed by atoms with van der Waals surface area (Å²) < 4.78 is 49.8. The van der Waals surface area contributed by atoms with Crippen LogP contribution in [0.5, 0.6) is 0 Å². The molecule has 1 aromatic carbocycles. The molecular weight excluding hydrogens is 300 g/mol. The van der Waals surface area contributed by atoms with E-state index in [-0.39, 0.29) is 16.3 Å². The summed E-state index contributed by atoms with van der Waals surface area (Å²) in [5, 5.41) is 3.00. The Hall–Kier alpha value is -0.960. The van der Waals surface area contributed by atoms with Gasteiger partial charge in [0.1, 0.15) is 0 Å². The first kappa shape index (κ1) is 17.1. The lowest BCUT2D eigenvalue weighted by Gasteiger charge is -2.10. The maximum absolute atomic E-state index is 12.2. The van der Waals surface area contributed by atoms with Crippen LogP contribution < -0.4 is 10.0 Å². The van der Waals surface area contributed by atoms with E-state index in [4.69, 9.17) is 0 Å². The minimum atomic E-state index is -3.71. The van der Waals surface area contributed by atoms with Crippen LogP contribution in [0.4, 0.5) is 0 Å². The molecule has 0 fully saturated rings. The Morgan fingerprint density at radius 3 is 2.30 bits per heavy atom. The number of benzene rings is 1. The normalized spacial score (nSPS) is 12.6. The Bertz CT molecular complexity index is 667. The smallest absolute Gasteiger partial charge is 0.240 e. The number of likely N-dealkylation sites (N-methyl/N-ethyl adjacent to an activating group) is 1. The third-order valence-corrected chi connectivity index (χ3v) is 5.43. The van der Waals surface area contributed by atoms with Crippen LogP contribution in [0.3, 0.4) is 0 Å². The molecule has 0 saturated heterocycles. The van der Waals surface area contributed by atoms with E-state index in [1.165, 1.54) is 18.2 Å². The lowest BCUT2D eigenvalue weighted by atomic mass is 10.2. The van der Waals surface area contributed by atoms with E-state index in [0.29, 0.717) is 12.1 Å². The average molecular weight is 320 g/mol. The van der Waals surface area contributed by atoms with Gasteiger partial charge in [0.25, 0.3) is 0 Å². The lowest BCUT2D eigenvalue weighted by molar-refractivity contribution is 0.576. The summed E-state index contributed by atoms with van der Waals surface area (Å²) in [6, 6.07) is 4.10. The molecule has 0 radical (unpaired) electrons. The number of hydrogen-bond donors (Lipinski definition) is 2. The fourth-order valence-corrected chi connectivity index (χ4v) is 3.65. The highest BCUT2D eigenvalue weighted by Crippen LogP contribution is 2.19. The Labute approximate surface area is 120 Å². The van der Waals surface area contributed by atoms with Gasteiger partial charge in [-0.15, -0.1) is 0 Å². The predicted molar refractivity (Wildman–Crippen MR) is 78.0 cm³/mol. The monoisotopic (exact) mass is 320 g/mol. The summed E-state index contributed by atoms with van der Waals surface area (Å²) >= 11 is 0. The molecule has 20 heavy (non-hydrogen) atoms. The summed E-state index contributed by atoms with van der Waals surface area (Å²) in [4.78, 5) is -0.00733. The molecule has 0 unspecified atom stereocenters. The van der Waals surface area contributed by atoms with Crippen molar-refractivity contribution in [1.29, 1.82) is 0 Å². The van der Waals surface area contributed by atoms with Gasteiger partial charge in [-0.3, -0.25) is 0 Å². The van der Waals surface area contributed by atoms with Crippen LogP contribution in [0.1, 0.15) is 12.5 Å². The molecular formula is C12H20N2O4S2. The minimum absolute atomic E-state index is 0.00285. The highest BCUT2D eigenvalue weighted by atomic mass is 32.2. The van der Waals surface area contributed by atoms with Crippen molar-refractivity contribution in [1.82, 2.24) is 10.0 Å².